The van der Waals surface area contributed by atoms with Crippen molar-refractivity contribution in [2.24, 2.45) is 5.73 Å². The summed E-state index contributed by atoms with van der Waals surface area (Å²) >= 11 is 0. The molecule has 0 saturated heterocycles. The molecule has 106 valence electrons. The van der Waals surface area contributed by atoms with Crippen LogP contribution >= 0.6 is 0 Å². The van der Waals surface area contributed by atoms with Crippen molar-refractivity contribution in [3.05, 3.63) is 30.6 Å². The summed E-state index contributed by atoms with van der Waals surface area (Å²) in [5.74, 6) is -0.186. The highest BCUT2D eigenvalue weighted by molar-refractivity contribution is 5.97. The standard InChI is InChI=1S/C13H18N6O/c1-3-8-13(2,14)12(20)16-10-4-6-11(7-5-10)19-9-15-17-18-19/h4-7,9H,3,8,14H2,1-2H3,(H,16,20). The third-order valence-electron chi connectivity index (χ3n) is 3.03. The molecular formula is C13H18N6O. The average Bonchev–Trinajstić information content (AvgIpc) is 2.93. The third kappa shape index (κ3) is 3.18. The summed E-state index contributed by atoms with van der Waals surface area (Å²) in [6.07, 6.45) is 3.01. The van der Waals surface area contributed by atoms with E-state index < -0.39 is 5.54 Å². The van der Waals surface area contributed by atoms with Crippen LogP contribution in [0.2, 0.25) is 0 Å². The van der Waals surface area contributed by atoms with Crippen molar-refractivity contribution < 1.29 is 4.79 Å². The number of nitrogens with one attached hydrogen (secondary N) is 1. The molecule has 2 rings (SSSR count). The maximum Gasteiger partial charge on any atom is 0.244 e. The fourth-order valence-electron chi connectivity index (χ4n) is 1.88. The fraction of sp³-hybridized carbons (Fsp3) is 0.385. The second-order valence-electron chi connectivity index (χ2n) is 4.92. The van der Waals surface area contributed by atoms with Crippen LogP contribution in [0.3, 0.4) is 0 Å². The summed E-state index contributed by atoms with van der Waals surface area (Å²) in [6, 6.07) is 7.22. The van der Waals surface area contributed by atoms with Crippen molar-refractivity contribution in [3.8, 4) is 5.69 Å². The molecule has 2 aromatic rings. The minimum Gasteiger partial charge on any atom is -0.325 e. The van der Waals surface area contributed by atoms with Gasteiger partial charge in [0.1, 0.15) is 6.33 Å². The van der Waals surface area contributed by atoms with Crippen molar-refractivity contribution >= 4 is 11.6 Å². The second kappa shape index (κ2) is 5.79. The third-order valence-corrected chi connectivity index (χ3v) is 3.03. The lowest BCUT2D eigenvalue weighted by atomic mass is 9.96. The van der Waals surface area contributed by atoms with Crippen LogP contribution in [-0.4, -0.2) is 31.7 Å². The quantitative estimate of drug-likeness (QED) is 0.851. The van der Waals surface area contributed by atoms with Gasteiger partial charge in [-0.2, -0.15) is 0 Å². The Balaban J connectivity index is 2.06. The zero-order chi connectivity index (χ0) is 14.6. The van der Waals surface area contributed by atoms with E-state index in [9.17, 15) is 4.79 Å². The number of benzene rings is 1. The van der Waals surface area contributed by atoms with Crippen molar-refractivity contribution in [3.63, 3.8) is 0 Å². The van der Waals surface area contributed by atoms with Gasteiger partial charge in [0, 0.05) is 5.69 Å². The fourth-order valence-corrected chi connectivity index (χ4v) is 1.88. The Hall–Kier alpha value is -2.28. The van der Waals surface area contributed by atoms with Crippen LogP contribution < -0.4 is 11.1 Å². The van der Waals surface area contributed by atoms with Crippen molar-refractivity contribution in [1.29, 1.82) is 0 Å². The first-order valence-electron chi connectivity index (χ1n) is 6.46. The Morgan fingerprint density at radius 3 is 2.65 bits per heavy atom. The summed E-state index contributed by atoms with van der Waals surface area (Å²) in [6.45, 7) is 3.74. The number of rotatable bonds is 5. The number of nitrogens with zero attached hydrogens (tertiary/aromatic N) is 4. The van der Waals surface area contributed by atoms with E-state index >= 15 is 0 Å². The second-order valence-corrected chi connectivity index (χ2v) is 4.92. The highest BCUT2D eigenvalue weighted by Crippen LogP contribution is 2.15. The maximum atomic E-state index is 12.1. The monoisotopic (exact) mass is 274 g/mol. The van der Waals surface area contributed by atoms with Gasteiger partial charge in [-0.3, -0.25) is 4.79 Å². The molecule has 3 N–H and O–H groups in total. The van der Waals surface area contributed by atoms with E-state index in [0.717, 1.165) is 12.1 Å². The van der Waals surface area contributed by atoms with Crippen LogP contribution in [0.25, 0.3) is 5.69 Å². The highest BCUT2D eigenvalue weighted by Gasteiger charge is 2.27. The molecule has 1 unspecified atom stereocenters. The number of hydrogen-bond donors (Lipinski definition) is 2. The van der Waals surface area contributed by atoms with Gasteiger partial charge in [-0.1, -0.05) is 13.3 Å². The summed E-state index contributed by atoms with van der Waals surface area (Å²) in [7, 11) is 0. The molecule has 0 bridgehead atoms. The maximum absolute atomic E-state index is 12.1. The van der Waals surface area contributed by atoms with Gasteiger partial charge in [-0.05, 0) is 48.0 Å². The van der Waals surface area contributed by atoms with E-state index in [0.29, 0.717) is 12.1 Å². The number of aromatic nitrogens is 4. The summed E-state index contributed by atoms with van der Waals surface area (Å²) in [4.78, 5) is 12.1. The average molecular weight is 274 g/mol. The molecule has 0 fully saturated rings. The van der Waals surface area contributed by atoms with E-state index in [1.165, 1.54) is 11.0 Å². The smallest absolute Gasteiger partial charge is 0.244 e. The van der Waals surface area contributed by atoms with Gasteiger partial charge in [0.25, 0.3) is 0 Å². The number of hydrogen-bond acceptors (Lipinski definition) is 5. The molecule has 7 heteroatoms. The first kappa shape index (κ1) is 14.1. The number of anilines is 1. The minimum absolute atomic E-state index is 0.186. The van der Waals surface area contributed by atoms with Gasteiger partial charge in [-0.25, -0.2) is 4.68 Å². The lowest BCUT2D eigenvalue weighted by Crippen LogP contribution is -2.48. The van der Waals surface area contributed by atoms with Gasteiger partial charge in [-0.15, -0.1) is 5.10 Å². The molecule has 20 heavy (non-hydrogen) atoms. The minimum atomic E-state index is -0.858. The number of amides is 1. The van der Waals surface area contributed by atoms with Crippen LogP contribution in [-0.2, 0) is 4.79 Å². The normalized spacial score (nSPS) is 13.8. The van der Waals surface area contributed by atoms with Crippen LogP contribution in [0.5, 0.6) is 0 Å². The van der Waals surface area contributed by atoms with Crippen LogP contribution in [0.1, 0.15) is 26.7 Å². The summed E-state index contributed by atoms with van der Waals surface area (Å²) in [5.41, 5.74) is 6.64. The molecule has 0 saturated carbocycles. The molecule has 0 radical (unpaired) electrons. The van der Waals surface area contributed by atoms with E-state index in [1.54, 1.807) is 19.1 Å². The largest absolute Gasteiger partial charge is 0.325 e. The van der Waals surface area contributed by atoms with Crippen molar-refractivity contribution in [2.75, 3.05) is 5.32 Å². The van der Waals surface area contributed by atoms with Crippen molar-refractivity contribution in [1.82, 2.24) is 20.2 Å². The molecule has 0 aliphatic carbocycles. The summed E-state index contributed by atoms with van der Waals surface area (Å²) in [5, 5.41) is 13.7. The molecular weight excluding hydrogens is 256 g/mol. The van der Waals surface area contributed by atoms with Crippen LogP contribution in [0, 0.1) is 0 Å². The summed E-state index contributed by atoms with van der Waals surface area (Å²) < 4.78 is 1.54. The van der Waals surface area contributed by atoms with Crippen molar-refractivity contribution in [2.45, 2.75) is 32.2 Å². The highest BCUT2D eigenvalue weighted by atomic mass is 16.2. The van der Waals surface area contributed by atoms with E-state index in [4.69, 9.17) is 5.73 Å². The molecule has 1 aromatic heterocycles. The van der Waals surface area contributed by atoms with E-state index in [-0.39, 0.29) is 5.91 Å². The van der Waals surface area contributed by atoms with Gasteiger partial charge in [0.2, 0.25) is 5.91 Å². The van der Waals surface area contributed by atoms with Gasteiger partial charge in [0.05, 0.1) is 11.2 Å². The Labute approximate surface area is 117 Å². The number of nitrogens with two attached hydrogens (primary N) is 1. The van der Waals surface area contributed by atoms with Gasteiger partial charge < -0.3 is 11.1 Å². The molecule has 1 atom stereocenters. The lowest BCUT2D eigenvalue weighted by Gasteiger charge is -2.22. The topological polar surface area (TPSA) is 98.7 Å². The molecule has 1 amide bonds. The SMILES string of the molecule is CCCC(C)(N)C(=O)Nc1ccc(-n2cnnn2)cc1. The Bertz CT molecular complexity index is 561. The molecule has 0 spiro atoms. The lowest BCUT2D eigenvalue weighted by molar-refractivity contribution is -0.120. The van der Waals surface area contributed by atoms with Gasteiger partial charge in [0.15, 0.2) is 0 Å². The first-order valence-corrected chi connectivity index (χ1v) is 6.46. The Morgan fingerprint density at radius 1 is 1.40 bits per heavy atom. The van der Waals surface area contributed by atoms with Gasteiger partial charge >= 0.3 is 0 Å². The van der Waals surface area contributed by atoms with Crippen LogP contribution in [0.15, 0.2) is 30.6 Å². The molecule has 0 aliphatic rings. The molecule has 1 heterocycles. The first-order chi connectivity index (χ1) is 9.53. The molecule has 0 aliphatic heterocycles. The molecule has 1 aromatic carbocycles. The Kier molecular flexibility index (Phi) is 4.09. The zero-order valence-corrected chi connectivity index (χ0v) is 11.6. The molecule has 7 nitrogen and oxygen atoms in total. The predicted octanol–water partition coefficient (Wildman–Crippen LogP) is 1.12. The van der Waals surface area contributed by atoms with Crippen LogP contribution in [0.4, 0.5) is 5.69 Å². The van der Waals surface area contributed by atoms with E-state index in [2.05, 4.69) is 20.8 Å². The number of carbonyl (C=O) groups is 1. The predicted molar refractivity (Wildman–Crippen MR) is 75.3 cm³/mol. The zero-order valence-electron chi connectivity index (χ0n) is 11.6. The van der Waals surface area contributed by atoms with E-state index in [1.807, 2.05) is 19.1 Å². The number of carbonyl (C=O) groups excluding carboxylic acids is 1. The Morgan fingerprint density at radius 2 is 2.10 bits per heavy atom. The number of tetrazole rings is 1.